The third kappa shape index (κ3) is 8.13. The highest BCUT2D eigenvalue weighted by Crippen LogP contribution is 2.17. The van der Waals surface area contributed by atoms with Gasteiger partial charge in [0.05, 0.1) is 4.92 Å². The number of anilines is 1. The van der Waals surface area contributed by atoms with Crippen molar-refractivity contribution in [1.29, 1.82) is 0 Å². The van der Waals surface area contributed by atoms with Gasteiger partial charge in [-0.25, -0.2) is 0 Å². The van der Waals surface area contributed by atoms with Crippen molar-refractivity contribution < 1.29 is 24.1 Å². The summed E-state index contributed by atoms with van der Waals surface area (Å²) < 4.78 is 0. The molecule has 2 aromatic rings. The van der Waals surface area contributed by atoms with Crippen LogP contribution in [0.3, 0.4) is 0 Å². The number of amides is 4. The van der Waals surface area contributed by atoms with E-state index in [0.717, 1.165) is 5.56 Å². The summed E-state index contributed by atoms with van der Waals surface area (Å²) in [5, 5.41) is 21.7. The van der Waals surface area contributed by atoms with E-state index in [1.807, 2.05) is 44.2 Å². The topological polar surface area (TPSA) is 160 Å². The first-order valence-corrected chi connectivity index (χ1v) is 12.1. The Kier molecular flexibility index (Phi) is 9.31. The molecule has 1 saturated heterocycles. The van der Waals surface area contributed by atoms with E-state index < -0.39 is 40.8 Å². The van der Waals surface area contributed by atoms with Crippen LogP contribution in [0.5, 0.6) is 0 Å². The Morgan fingerprint density at radius 2 is 1.68 bits per heavy atom. The molecule has 11 nitrogen and oxygen atoms in total. The van der Waals surface area contributed by atoms with Gasteiger partial charge in [0.25, 0.3) is 5.69 Å². The summed E-state index contributed by atoms with van der Waals surface area (Å²) in [5.74, 6) is -1.64. The van der Waals surface area contributed by atoms with Gasteiger partial charge in [0.2, 0.25) is 23.6 Å². The zero-order valence-electron chi connectivity index (χ0n) is 20.7. The molecule has 1 fully saturated rings. The summed E-state index contributed by atoms with van der Waals surface area (Å²) in [7, 11) is 0. The lowest BCUT2D eigenvalue weighted by Crippen LogP contribution is -2.56. The van der Waals surface area contributed by atoms with E-state index in [0.29, 0.717) is 18.5 Å². The second-order valence-corrected chi connectivity index (χ2v) is 9.39. The van der Waals surface area contributed by atoms with Crippen molar-refractivity contribution in [2.24, 2.45) is 5.92 Å². The van der Waals surface area contributed by atoms with Gasteiger partial charge in [-0.2, -0.15) is 0 Å². The molecule has 0 saturated carbocycles. The van der Waals surface area contributed by atoms with Crippen LogP contribution in [-0.2, 0) is 25.6 Å². The van der Waals surface area contributed by atoms with E-state index in [1.54, 1.807) is 0 Å². The lowest BCUT2D eigenvalue weighted by Gasteiger charge is -2.25. The molecule has 1 aliphatic rings. The quantitative estimate of drug-likeness (QED) is 0.268. The Labute approximate surface area is 214 Å². The standard InChI is InChI=1S/C26H31N5O6/c1-16(2)14-21(25(34)27-18-8-10-19(11-9-18)31(36)37)29-26(35)22(15-17-6-4-3-5-7-17)30-24(33)20-12-13-23(32)28-20/h3-11,16,20-22H,12-15H2,1-2H3,(H,27,34)(H,28,32)(H,29,35)(H,30,33)/t20-,21+,22-/m1/s1. The summed E-state index contributed by atoms with van der Waals surface area (Å²) in [6, 6.07) is 11.9. The minimum Gasteiger partial charge on any atom is -0.344 e. The van der Waals surface area contributed by atoms with Gasteiger partial charge in [-0.1, -0.05) is 44.2 Å². The fraction of sp³-hybridized carbons (Fsp3) is 0.385. The maximum atomic E-state index is 13.4. The van der Waals surface area contributed by atoms with Crippen LogP contribution in [0.1, 0.15) is 38.7 Å². The third-order valence-electron chi connectivity index (χ3n) is 5.91. The van der Waals surface area contributed by atoms with Crippen molar-refractivity contribution in [3.63, 3.8) is 0 Å². The third-order valence-corrected chi connectivity index (χ3v) is 5.91. The molecule has 0 radical (unpaired) electrons. The molecule has 11 heteroatoms. The molecule has 2 aromatic carbocycles. The number of nitro groups is 1. The second-order valence-electron chi connectivity index (χ2n) is 9.39. The van der Waals surface area contributed by atoms with Crippen LogP contribution in [0.15, 0.2) is 54.6 Å². The molecule has 0 spiro atoms. The van der Waals surface area contributed by atoms with Gasteiger partial charge in [-0.3, -0.25) is 29.3 Å². The SMILES string of the molecule is CC(C)C[C@H](NC(=O)[C@@H](Cc1ccccc1)NC(=O)[C@H]1CCC(=O)N1)C(=O)Nc1ccc([N+](=O)[O-])cc1. The van der Waals surface area contributed by atoms with Crippen LogP contribution in [0.25, 0.3) is 0 Å². The molecule has 0 bridgehead atoms. The highest BCUT2D eigenvalue weighted by Gasteiger charge is 2.32. The fourth-order valence-corrected chi connectivity index (χ4v) is 4.01. The first kappa shape index (κ1) is 27.3. The van der Waals surface area contributed by atoms with Crippen LogP contribution >= 0.6 is 0 Å². The number of nitro benzene ring substituents is 1. The van der Waals surface area contributed by atoms with E-state index in [1.165, 1.54) is 24.3 Å². The zero-order valence-corrected chi connectivity index (χ0v) is 20.7. The minimum atomic E-state index is -0.978. The number of carbonyl (C=O) groups excluding carboxylic acids is 4. The Morgan fingerprint density at radius 3 is 2.24 bits per heavy atom. The number of hydrogen-bond acceptors (Lipinski definition) is 6. The molecular weight excluding hydrogens is 478 g/mol. The minimum absolute atomic E-state index is 0.0591. The van der Waals surface area contributed by atoms with Crippen molar-refractivity contribution in [3.05, 3.63) is 70.3 Å². The van der Waals surface area contributed by atoms with Gasteiger partial charge in [0.15, 0.2) is 0 Å². The van der Waals surface area contributed by atoms with E-state index >= 15 is 0 Å². The number of nitrogens with zero attached hydrogens (tertiary/aromatic N) is 1. The first-order chi connectivity index (χ1) is 17.6. The zero-order chi connectivity index (χ0) is 26.9. The fourth-order valence-electron chi connectivity index (χ4n) is 4.01. The lowest BCUT2D eigenvalue weighted by atomic mass is 10.0. The monoisotopic (exact) mass is 509 g/mol. The molecule has 3 rings (SSSR count). The molecule has 4 N–H and O–H groups in total. The molecule has 3 atom stereocenters. The number of carbonyl (C=O) groups is 4. The lowest BCUT2D eigenvalue weighted by molar-refractivity contribution is -0.384. The van der Waals surface area contributed by atoms with Gasteiger partial charge < -0.3 is 21.3 Å². The molecule has 196 valence electrons. The van der Waals surface area contributed by atoms with Crippen molar-refractivity contribution in [3.8, 4) is 0 Å². The second kappa shape index (κ2) is 12.6. The summed E-state index contributed by atoms with van der Waals surface area (Å²) in [6.07, 6.45) is 1.11. The molecule has 4 amide bonds. The van der Waals surface area contributed by atoms with Crippen molar-refractivity contribution >= 4 is 35.0 Å². The largest absolute Gasteiger partial charge is 0.344 e. The number of benzene rings is 2. The van der Waals surface area contributed by atoms with Crippen LogP contribution in [0.2, 0.25) is 0 Å². The Hall–Kier alpha value is -4.28. The van der Waals surface area contributed by atoms with E-state index in [9.17, 15) is 29.3 Å². The Bertz CT molecular complexity index is 1140. The maximum absolute atomic E-state index is 13.4. The number of rotatable bonds is 11. The van der Waals surface area contributed by atoms with Gasteiger partial charge in [-0.05, 0) is 36.5 Å². The normalized spacial score (nSPS) is 16.4. The average Bonchev–Trinajstić information content (AvgIpc) is 3.30. The van der Waals surface area contributed by atoms with Gasteiger partial charge in [0.1, 0.15) is 18.1 Å². The predicted octanol–water partition coefficient (Wildman–Crippen LogP) is 2.07. The summed E-state index contributed by atoms with van der Waals surface area (Å²) >= 11 is 0. The molecule has 37 heavy (non-hydrogen) atoms. The van der Waals surface area contributed by atoms with Gasteiger partial charge in [0, 0.05) is 30.7 Å². The van der Waals surface area contributed by atoms with Crippen LogP contribution < -0.4 is 21.3 Å². The smallest absolute Gasteiger partial charge is 0.269 e. The van der Waals surface area contributed by atoms with Gasteiger partial charge in [-0.15, -0.1) is 0 Å². The Morgan fingerprint density at radius 1 is 1.00 bits per heavy atom. The molecule has 1 aliphatic heterocycles. The molecule has 1 heterocycles. The number of nitrogens with one attached hydrogen (secondary N) is 4. The van der Waals surface area contributed by atoms with Crippen LogP contribution in [0, 0.1) is 16.0 Å². The van der Waals surface area contributed by atoms with Crippen molar-refractivity contribution in [2.45, 2.75) is 57.7 Å². The summed E-state index contributed by atoms with van der Waals surface area (Å²) in [6.45, 7) is 3.81. The molecular formula is C26H31N5O6. The average molecular weight is 510 g/mol. The van der Waals surface area contributed by atoms with Crippen LogP contribution in [-0.4, -0.2) is 46.7 Å². The number of non-ortho nitro benzene ring substituents is 1. The first-order valence-electron chi connectivity index (χ1n) is 12.1. The van der Waals surface area contributed by atoms with E-state index in [2.05, 4.69) is 21.3 Å². The Balaban J connectivity index is 1.74. The van der Waals surface area contributed by atoms with Crippen LogP contribution in [0.4, 0.5) is 11.4 Å². The molecule has 0 unspecified atom stereocenters. The highest BCUT2D eigenvalue weighted by molar-refractivity contribution is 5.99. The summed E-state index contributed by atoms with van der Waals surface area (Å²) in [4.78, 5) is 61.1. The van der Waals surface area contributed by atoms with Crippen molar-refractivity contribution in [2.75, 3.05) is 5.32 Å². The molecule has 0 aromatic heterocycles. The number of hydrogen-bond donors (Lipinski definition) is 4. The van der Waals surface area contributed by atoms with Gasteiger partial charge >= 0.3 is 0 Å². The van der Waals surface area contributed by atoms with E-state index in [-0.39, 0.29) is 30.4 Å². The van der Waals surface area contributed by atoms with Crippen molar-refractivity contribution in [1.82, 2.24) is 16.0 Å². The maximum Gasteiger partial charge on any atom is 0.269 e. The van der Waals surface area contributed by atoms with E-state index in [4.69, 9.17) is 0 Å². The highest BCUT2D eigenvalue weighted by atomic mass is 16.6. The molecule has 0 aliphatic carbocycles. The predicted molar refractivity (Wildman–Crippen MR) is 136 cm³/mol. The summed E-state index contributed by atoms with van der Waals surface area (Å²) in [5.41, 5.74) is 1.06.